The third-order valence-corrected chi connectivity index (χ3v) is 7.45. The zero-order valence-electron chi connectivity index (χ0n) is 19.1. The summed E-state index contributed by atoms with van der Waals surface area (Å²) < 4.78 is 68.7. The first-order valence-electron chi connectivity index (χ1n) is 11.5. The van der Waals surface area contributed by atoms with Gasteiger partial charge in [-0.25, -0.2) is 0 Å². The third kappa shape index (κ3) is 10.8. The molecule has 0 saturated heterocycles. The van der Waals surface area contributed by atoms with E-state index >= 15 is 0 Å². The molecule has 0 bridgehead atoms. The second-order valence-corrected chi connectivity index (χ2v) is 10.9. The van der Waals surface area contributed by atoms with Crippen molar-refractivity contribution in [2.75, 3.05) is 6.61 Å². The minimum atomic E-state index is -4.54. The van der Waals surface area contributed by atoms with Crippen LogP contribution >= 0.6 is 0 Å². The average molecular weight is 523 g/mol. The second kappa shape index (κ2) is 15.9. The van der Waals surface area contributed by atoms with Gasteiger partial charge in [-0.1, -0.05) is 89.0 Å². The van der Waals surface area contributed by atoms with Crippen molar-refractivity contribution in [1.82, 2.24) is 0 Å². The average Bonchev–Trinajstić information content (AvgIpc) is 2.77. The maximum atomic E-state index is 12.7. The third-order valence-electron chi connectivity index (χ3n) is 5.20. The molecule has 0 atom stereocenters. The van der Waals surface area contributed by atoms with Gasteiger partial charge in [0.25, 0.3) is 10.1 Å². The van der Waals surface area contributed by atoms with Crippen LogP contribution in [0.1, 0.15) is 71.1 Å². The standard InChI is InChI=1S/C24H34O7S2.Na.H/c1-2-3-4-5-6-7-8-9-10-15-20-30-33(28,29)24-19-14-12-17-22(24)31-21-16-11-13-18-23(21)32(25,26)27;;/h11-14,16-19H,2-10,15,20H2,1H3,(H,25,26,27);;. The van der Waals surface area contributed by atoms with Gasteiger partial charge in [-0.3, -0.25) is 8.74 Å². The number of hydrogen-bond acceptors (Lipinski definition) is 6. The molecule has 0 spiro atoms. The fraction of sp³-hybridized carbons (Fsp3) is 0.500. The van der Waals surface area contributed by atoms with Crippen molar-refractivity contribution in [3.05, 3.63) is 48.5 Å². The molecule has 0 saturated carbocycles. The quantitative estimate of drug-likeness (QED) is 0.130. The van der Waals surface area contributed by atoms with Crippen LogP contribution in [0, 0.1) is 0 Å². The Kier molecular flexibility index (Phi) is 14.6. The molecular formula is C24H35NaO7S2. The molecule has 0 radical (unpaired) electrons. The summed E-state index contributed by atoms with van der Waals surface area (Å²) in [6.45, 7) is 2.27. The first-order chi connectivity index (χ1) is 15.8. The predicted molar refractivity (Wildman–Crippen MR) is 135 cm³/mol. The molecule has 1 N–H and O–H groups in total. The van der Waals surface area contributed by atoms with E-state index in [1.165, 1.54) is 81.0 Å². The summed E-state index contributed by atoms with van der Waals surface area (Å²) in [5, 5.41) is 0. The fourth-order valence-electron chi connectivity index (χ4n) is 3.43. The summed E-state index contributed by atoms with van der Waals surface area (Å²) >= 11 is 0. The molecule has 2 rings (SSSR count). The Morgan fingerprint density at radius 1 is 0.676 bits per heavy atom. The number of para-hydroxylation sites is 2. The van der Waals surface area contributed by atoms with Crippen molar-refractivity contribution in [3.8, 4) is 11.5 Å². The van der Waals surface area contributed by atoms with E-state index in [-0.39, 0.29) is 52.6 Å². The summed E-state index contributed by atoms with van der Waals surface area (Å²) in [6.07, 6.45) is 11.3. The molecule has 10 heteroatoms. The molecule has 0 aliphatic heterocycles. The SMILES string of the molecule is CCCCCCCCCCCCOS(=O)(=O)c1ccccc1Oc1ccccc1S(=O)(=O)O.[NaH]. The van der Waals surface area contributed by atoms with Crippen molar-refractivity contribution in [1.29, 1.82) is 0 Å². The molecule has 2 aromatic carbocycles. The Morgan fingerprint density at radius 2 is 1.12 bits per heavy atom. The molecule has 0 fully saturated rings. The molecule has 34 heavy (non-hydrogen) atoms. The van der Waals surface area contributed by atoms with Crippen LogP contribution in [-0.2, 0) is 24.4 Å². The molecule has 2 aromatic rings. The Morgan fingerprint density at radius 3 is 1.65 bits per heavy atom. The van der Waals surface area contributed by atoms with Crippen molar-refractivity contribution < 1.29 is 30.3 Å². The summed E-state index contributed by atoms with van der Waals surface area (Å²) in [5.41, 5.74) is 0. The summed E-state index contributed by atoms with van der Waals surface area (Å²) in [5.74, 6) is -0.269. The fourth-order valence-corrected chi connectivity index (χ4v) is 5.11. The Bertz CT molecular complexity index is 1070. The van der Waals surface area contributed by atoms with Crippen LogP contribution in [0.25, 0.3) is 0 Å². The van der Waals surface area contributed by atoms with Crippen LogP contribution in [-0.4, -0.2) is 57.6 Å². The predicted octanol–water partition coefficient (Wildman–Crippen LogP) is 5.70. The van der Waals surface area contributed by atoms with E-state index in [1.807, 2.05) is 0 Å². The Balaban J connectivity index is 0.00000578. The van der Waals surface area contributed by atoms with E-state index in [0.717, 1.165) is 19.3 Å². The number of hydrogen-bond donors (Lipinski definition) is 1. The van der Waals surface area contributed by atoms with Gasteiger partial charge in [-0.15, -0.1) is 0 Å². The zero-order chi connectivity index (χ0) is 24.2. The van der Waals surface area contributed by atoms with Crippen LogP contribution in [0.2, 0.25) is 0 Å². The van der Waals surface area contributed by atoms with Crippen molar-refractivity contribution in [2.24, 2.45) is 0 Å². The van der Waals surface area contributed by atoms with Crippen molar-refractivity contribution >= 4 is 49.8 Å². The molecule has 186 valence electrons. The molecule has 7 nitrogen and oxygen atoms in total. The zero-order valence-corrected chi connectivity index (χ0v) is 20.7. The van der Waals surface area contributed by atoms with Gasteiger partial charge in [0, 0.05) is 0 Å². The van der Waals surface area contributed by atoms with Gasteiger partial charge >= 0.3 is 39.7 Å². The molecule has 0 aliphatic carbocycles. The maximum absolute atomic E-state index is 12.7. The van der Waals surface area contributed by atoms with E-state index < -0.39 is 25.1 Å². The molecule has 0 aromatic heterocycles. The Labute approximate surface area is 226 Å². The van der Waals surface area contributed by atoms with Crippen LogP contribution in [0.3, 0.4) is 0 Å². The van der Waals surface area contributed by atoms with Crippen LogP contribution < -0.4 is 4.74 Å². The summed E-state index contributed by atoms with van der Waals surface area (Å²) in [4.78, 5) is -0.661. The van der Waals surface area contributed by atoms with Gasteiger partial charge in [-0.2, -0.15) is 16.8 Å². The van der Waals surface area contributed by atoms with E-state index in [4.69, 9.17) is 8.92 Å². The molecule has 0 heterocycles. The van der Waals surface area contributed by atoms with E-state index in [1.54, 1.807) is 6.07 Å². The van der Waals surface area contributed by atoms with Crippen LogP contribution in [0.15, 0.2) is 58.3 Å². The monoisotopic (exact) mass is 522 g/mol. The number of rotatable bonds is 16. The Hall–Kier alpha value is -0.940. The molecule has 0 unspecified atom stereocenters. The van der Waals surface area contributed by atoms with Gasteiger partial charge in [0.05, 0.1) is 6.61 Å². The summed E-state index contributed by atoms with van der Waals surface area (Å²) in [7, 11) is -8.65. The van der Waals surface area contributed by atoms with E-state index in [0.29, 0.717) is 6.42 Å². The molecule has 0 aliphatic rings. The van der Waals surface area contributed by atoms with Gasteiger partial charge < -0.3 is 4.74 Å². The van der Waals surface area contributed by atoms with Crippen LogP contribution in [0.5, 0.6) is 11.5 Å². The first kappa shape index (κ1) is 31.1. The van der Waals surface area contributed by atoms with E-state index in [9.17, 15) is 21.4 Å². The number of unbranched alkanes of at least 4 members (excludes halogenated alkanes) is 9. The second-order valence-electron chi connectivity index (χ2n) is 7.93. The summed E-state index contributed by atoms with van der Waals surface area (Å²) in [6, 6.07) is 11.3. The van der Waals surface area contributed by atoms with E-state index in [2.05, 4.69) is 6.92 Å². The topological polar surface area (TPSA) is 107 Å². The van der Waals surface area contributed by atoms with Gasteiger partial charge in [-0.05, 0) is 30.7 Å². The van der Waals surface area contributed by atoms with Gasteiger partial charge in [0.1, 0.15) is 21.3 Å². The number of benzene rings is 2. The van der Waals surface area contributed by atoms with Crippen LogP contribution in [0.4, 0.5) is 0 Å². The van der Waals surface area contributed by atoms with Gasteiger partial charge in [0.2, 0.25) is 0 Å². The normalized spacial score (nSPS) is 11.7. The molecule has 0 amide bonds. The van der Waals surface area contributed by atoms with Gasteiger partial charge in [0.15, 0.2) is 0 Å². The molecular weight excluding hydrogens is 487 g/mol. The van der Waals surface area contributed by atoms with Crippen molar-refractivity contribution in [3.63, 3.8) is 0 Å². The minimum absolute atomic E-state index is 0. The number of ether oxygens (including phenoxy) is 1. The first-order valence-corrected chi connectivity index (χ1v) is 14.3. The van der Waals surface area contributed by atoms with Crippen molar-refractivity contribution in [2.45, 2.75) is 80.9 Å².